The summed E-state index contributed by atoms with van der Waals surface area (Å²) >= 11 is 0. The van der Waals surface area contributed by atoms with Gasteiger partial charge in [-0.05, 0) is 16.2 Å². The van der Waals surface area contributed by atoms with E-state index < -0.39 is 0 Å². The third-order valence-electron chi connectivity index (χ3n) is 4.66. The molecule has 0 aromatic carbocycles. The SMILES string of the molecule is CC1(C)CC(=O)CC(C)(C)C1(C)C. The normalized spacial score (nSPS) is 30.2. The summed E-state index contributed by atoms with van der Waals surface area (Å²) in [5.74, 6) is 0.425. The summed E-state index contributed by atoms with van der Waals surface area (Å²) in [5.41, 5.74) is 0.492. The van der Waals surface area contributed by atoms with Crippen molar-refractivity contribution in [3.05, 3.63) is 0 Å². The van der Waals surface area contributed by atoms with Crippen molar-refractivity contribution in [1.29, 1.82) is 0 Å². The van der Waals surface area contributed by atoms with Gasteiger partial charge in [0, 0.05) is 12.8 Å². The van der Waals surface area contributed by atoms with Crippen LogP contribution < -0.4 is 0 Å². The van der Waals surface area contributed by atoms with Gasteiger partial charge < -0.3 is 0 Å². The lowest BCUT2D eigenvalue weighted by Crippen LogP contribution is -2.50. The lowest BCUT2D eigenvalue weighted by atomic mass is 9.49. The minimum absolute atomic E-state index is 0.131. The van der Waals surface area contributed by atoms with Gasteiger partial charge in [-0.2, -0.15) is 0 Å². The number of hydrogen-bond acceptors (Lipinski definition) is 1. The Hall–Kier alpha value is -0.330. The van der Waals surface area contributed by atoms with E-state index in [1.54, 1.807) is 0 Å². The average Bonchev–Trinajstić information content (AvgIpc) is 1.80. The van der Waals surface area contributed by atoms with Gasteiger partial charge in [0.25, 0.3) is 0 Å². The lowest BCUT2D eigenvalue weighted by Gasteiger charge is -2.55. The highest BCUT2D eigenvalue weighted by atomic mass is 16.1. The highest BCUT2D eigenvalue weighted by Crippen LogP contribution is 2.58. The van der Waals surface area contributed by atoms with Crippen molar-refractivity contribution in [3.8, 4) is 0 Å². The van der Waals surface area contributed by atoms with Crippen LogP contribution in [0.25, 0.3) is 0 Å². The molecule has 1 aliphatic rings. The molecule has 0 heterocycles. The first-order valence-electron chi connectivity index (χ1n) is 5.12. The summed E-state index contributed by atoms with van der Waals surface area (Å²) in [5, 5.41) is 0. The van der Waals surface area contributed by atoms with E-state index in [1.165, 1.54) is 0 Å². The third-order valence-corrected chi connectivity index (χ3v) is 4.66. The Morgan fingerprint density at radius 2 is 1.15 bits per heavy atom. The maximum Gasteiger partial charge on any atom is 0.134 e. The van der Waals surface area contributed by atoms with Crippen molar-refractivity contribution in [2.24, 2.45) is 16.2 Å². The van der Waals surface area contributed by atoms with Crippen LogP contribution in [0.15, 0.2) is 0 Å². The summed E-state index contributed by atoms with van der Waals surface area (Å²) in [6.45, 7) is 13.4. The molecule has 0 unspecified atom stereocenters. The van der Waals surface area contributed by atoms with Crippen LogP contribution in [0.5, 0.6) is 0 Å². The summed E-state index contributed by atoms with van der Waals surface area (Å²) in [6.07, 6.45) is 1.48. The van der Waals surface area contributed by atoms with E-state index in [9.17, 15) is 4.79 Å². The topological polar surface area (TPSA) is 17.1 Å². The fourth-order valence-corrected chi connectivity index (χ4v) is 2.41. The van der Waals surface area contributed by atoms with Gasteiger partial charge in [-0.3, -0.25) is 4.79 Å². The van der Waals surface area contributed by atoms with Crippen molar-refractivity contribution in [1.82, 2.24) is 0 Å². The van der Waals surface area contributed by atoms with Gasteiger partial charge in [0.1, 0.15) is 5.78 Å². The van der Waals surface area contributed by atoms with E-state index >= 15 is 0 Å². The summed E-state index contributed by atoms with van der Waals surface area (Å²) < 4.78 is 0. The third kappa shape index (κ3) is 1.43. The van der Waals surface area contributed by atoms with Gasteiger partial charge >= 0.3 is 0 Å². The van der Waals surface area contributed by atoms with Gasteiger partial charge in [-0.15, -0.1) is 0 Å². The van der Waals surface area contributed by atoms with Crippen molar-refractivity contribution in [2.75, 3.05) is 0 Å². The van der Waals surface area contributed by atoms with Crippen LogP contribution >= 0.6 is 0 Å². The van der Waals surface area contributed by atoms with E-state index in [4.69, 9.17) is 0 Å². The molecule has 13 heavy (non-hydrogen) atoms. The quantitative estimate of drug-likeness (QED) is 0.561. The molecule has 0 saturated heterocycles. The molecule has 1 aliphatic carbocycles. The van der Waals surface area contributed by atoms with Crippen molar-refractivity contribution >= 4 is 5.78 Å². The molecule has 1 rings (SSSR count). The van der Waals surface area contributed by atoms with Crippen molar-refractivity contribution < 1.29 is 4.79 Å². The first-order valence-corrected chi connectivity index (χ1v) is 5.12. The molecule has 0 aromatic heterocycles. The number of Topliss-reactive ketones (excluding diaryl/α,β-unsaturated/α-hetero) is 1. The zero-order valence-electron chi connectivity index (χ0n) is 9.82. The molecule has 0 amide bonds. The smallest absolute Gasteiger partial charge is 0.134 e. The van der Waals surface area contributed by atoms with Crippen molar-refractivity contribution in [3.63, 3.8) is 0 Å². The molecule has 1 fully saturated rings. The molecule has 0 spiro atoms. The largest absolute Gasteiger partial charge is 0.300 e. The Bertz CT molecular complexity index is 212. The van der Waals surface area contributed by atoms with Crippen LogP contribution in [0.4, 0.5) is 0 Å². The predicted molar refractivity (Wildman–Crippen MR) is 55.6 cm³/mol. The molecule has 1 nitrogen and oxygen atoms in total. The van der Waals surface area contributed by atoms with Crippen LogP contribution in [-0.2, 0) is 4.79 Å². The summed E-state index contributed by atoms with van der Waals surface area (Å²) in [7, 11) is 0. The maximum atomic E-state index is 11.6. The number of carbonyl (C=O) groups is 1. The molecule has 0 aliphatic heterocycles. The molecule has 76 valence electrons. The molecular formula is C12H22O. The molecular weight excluding hydrogens is 160 g/mol. The van der Waals surface area contributed by atoms with Gasteiger partial charge in [0.2, 0.25) is 0 Å². The second kappa shape index (κ2) is 2.59. The second-order valence-electron chi connectivity index (χ2n) is 6.28. The van der Waals surface area contributed by atoms with Gasteiger partial charge in [-0.1, -0.05) is 41.5 Å². The Labute approximate surface area is 81.9 Å². The van der Waals surface area contributed by atoms with Crippen LogP contribution in [0.3, 0.4) is 0 Å². The molecule has 0 aromatic rings. The number of hydrogen-bond donors (Lipinski definition) is 0. The Kier molecular flexibility index (Phi) is 2.14. The zero-order chi connectivity index (χ0) is 10.5. The molecule has 0 radical (unpaired) electrons. The standard InChI is InChI=1S/C12H22O/c1-10(2)7-9(13)8-11(3,4)12(10,5)6/h7-8H2,1-6H3. The predicted octanol–water partition coefficient (Wildman–Crippen LogP) is 3.43. The molecule has 0 bridgehead atoms. The first-order chi connectivity index (χ1) is 5.60. The molecule has 1 saturated carbocycles. The summed E-state index contributed by atoms with van der Waals surface area (Å²) in [6, 6.07) is 0. The van der Waals surface area contributed by atoms with E-state index in [1.807, 2.05) is 0 Å². The highest BCUT2D eigenvalue weighted by molar-refractivity contribution is 5.81. The zero-order valence-corrected chi connectivity index (χ0v) is 9.82. The molecule has 0 N–H and O–H groups in total. The second-order valence-corrected chi connectivity index (χ2v) is 6.28. The summed E-state index contributed by atoms with van der Waals surface area (Å²) in [4.78, 5) is 11.6. The van der Waals surface area contributed by atoms with Crippen LogP contribution in [0, 0.1) is 16.2 Å². The fraction of sp³-hybridized carbons (Fsp3) is 0.917. The van der Waals surface area contributed by atoms with Crippen LogP contribution in [0.1, 0.15) is 54.4 Å². The Morgan fingerprint density at radius 3 is 1.46 bits per heavy atom. The number of ketones is 1. The highest BCUT2D eigenvalue weighted by Gasteiger charge is 2.52. The van der Waals surface area contributed by atoms with E-state index in [2.05, 4.69) is 41.5 Å². The Morgan fingerprint density at radius 1 is 0.846 bits per heavy atom. The minimum Gasteiger partial charge on any atom is -0.300 e. The molecule has 0 atom stereocenters. The van der Waals surface area contributed by atoms with Crippen LogP contribution in [0.2, 0.25) is 0 Å². The van der Waals surface area contributed by atoms with Gasteiger partial charge in [-0.25, -0.2) is 0 Å². The monoisotopic (exact) mass is 182 g/mol. The van der Waals surface area contributed by atoms with E-state index in [0.29, 0.717) is 5.78 Å². The average molecular weight is 182 g/mol. The molecule has 1 heteroatoms. The van der Waals surface area contributed by atoms with Gasteiger partial charge in [0.15, 0.2) is 0 Å². The van der Waals surface area contributed by atoms with Gasteiger partial charge in [0.05, 0.1) is 0 Å². The van der Waals surface area contributed by atoms with E-state index in [0.717, 1.165) is 12.8 Å². The van der Waals surface area contributed by atoms with Crippen LogP contribution in [-0.4, -0.2) is 5.78 Å². The first kappa shape index (κ1) is 10.7. The van der Waals surface area contributed by atoms with Crippen molar-refractivity contribution in [2.45, 2.75) is 54.4 Å². The number of rotatable bonds is 0. The Balaban J connectivity index is 3.10. The minimum atomic E-state index is 0.131. The lowest BCUT2D eigenvalue weighted by molar-refractivity contribution is -0.140. The fourth-order valence-electron chi connectivity index (χ4n) is 2.41. The van der Waals surface area contributed by atoms with E-state index in [-0.39, 0.29) is 16.2 Å². The maximum absolute atomic E-state index is 11.6. The number of carbonyl (C=O) groups excluding carboxylic acids is 1.